The highest BCUT2D eigenvalue weighted by Crippen LogP contribution is 2.24. The van der Waals surface area contributed by atoms with E-state index in [1.807, 2.05) is 37.3 Å². The number of pyridine rings is 1. The van der Waals surface area contributed by atoms with E-state index in [0.29, 0.717) is 31.5 Å². The largest absolute Gasteiger partial charge is 0.497 e. The fourth-order valence-electron chi connectivity index (χ4n) is 2.37. The van der Waals surface area contributed by atoms with Gasteiger partial charge in [0.05, 0.1) is 20.8 Å². The first-order valence-electron chi connectivity index (χ1n) is 8.43. The molecule has 7 nitrogen and oxygen atoms in total. The second-order valence-electron chi connectivity index (χ2n) is 5.39. The minimum Gasteiger partial charge on any atom is -0.497 e. The highest BCUT2D eigenvalue weighted by molar-refractivity contribution is 14.0. The maximum absolute atomic E-state index is 5.42. The van der Waals surface area contributed by atoms with Crippen LogP contribution in [0.15, 0.2) is 41.5 Å². The minimum absolute atomic E-state index is 0. The maximum Gasteiger partial charge on any atom is 0.213 e. The van der Waals surface area contributed by atoms with Gasteiger partial charge in [0.2, 0.25) is 5.88 Å². The van der Waals surface area contributed by atoms with E-state index >= 15 is 0 Å². The van der Waals surface area contributed by atoms with Crippen LogP contribution in [0.2, 0.25) is 0 Å². The van der Waals surface area contributed by atoms with Gasteiger partial charge >= 0.3 is 0 Å². The van der Waals surface area contributed by atoms with E-state index in [-0.39, 0.29) is 24.0 Å². The molecule has 1 aromatic carbocycles. The molecule has 0 aliphatic carbocycles. The summed E-state index contributed by atoms with van der Waals surface area (Å²) in [5, 5.41) is 6.55. The molecular weight excluding hydrogens is 459 g/mol. The first kappa shape index (κ1) is 22.8. The predicted octanol–water partition coefficient (Wildman–Crippen LogP) is 2.98. The zero-order chi connectivity index (χ0) is 18.8. The van der Waals surface area contributed by atoms with Gasteiger partial charge in [-0.1, -0.05) is 0 Å². The van der Waals surface area contributed by atoms with Crippen molar-refractivity contribution in [2.24, 2.45) is 4.99 Å². The standard InChI is InChI=1S/C19H26N4O3.HI/c1-5-26-18-10-14(8-9-21-18)12-22-19(20-2)23-13-15-6-7-16(24-3)11-17(15)25-4;/h6-11H,5,12-13H2,1-4H3,(H2,20,22,23);1H. The Morgan fingerprint density at radius 2 is 1.85 bits per heavy atom. The Balaban J connectivity index is 0.00000364. The van der Waals surface area contributed by atoms with Crippen LogP contribution in [-0.4, -0.2) is 38.8 Å². The van der Waals surface area contributed by atoms with Crippen molar-refractivity contribution in [1.82, 2.24) is 15.6 Å². The molecule has 0 amide bonds. The van der Waals surface area contributed by atoms with Gasteiger partial charge < -0.3 is 24.8 Å². The Morgan fingerprint density at radius 1 is 1.07 bits per heavy atom. The van der Waals surface area contributed by atoms with Crippen LogP contribution in [0.3, 0.4) is 0 Å². The molecule has 0 bridgehead atoms. The Hall–Kier alpha value is -2.23. The lowest BCUT2D eigenvalue weighted by atomic mass is 10.2. The van der Waals surface area contributed by atoms with Crippen LogP contribution in [0.1, 0.15) is 18.1 Å². The predicted molar refractivity (Wildman–Crippen MR) is 117 cm³/mol. The van der Waals surface area contributed by atoms with E-state index in [1.165, 1.54) is 0 Å². The molecular formula is C19H27IN4O3. The highest BCUT2D eigenvalue weighted by Gasteiger charge is 2.06. The Labute approximate surface area is 177 Å². The summed E-state index contributed by atoms with van der Waals surface area (Å²) in [6.07, 6.45) is 1.74. The van der Waals surface area contributed by atoms with Crippen LogP contribution < -0.4 is 24.8 Å². The lowest BCUT2D eigenvalue weighted by Gasteiger charge is -2.14. The highest BCUT2D eigenvalue weighted by atomic mass is 127. The fourth-order valence-corrected chi connectivity index (χ4v) is 2.37. The van der Waals surface area contributed by atoms with E-state index in [2.05, 4.69) is 20.6 Å². The maximum atomic E-state index is 5.42. The quantitative estimate of drug-likeness (QED) is 0.340. The summed E-state index contributed by atoms with van der Waals surface area (Å²) < 4.78 is 16.1. The molecule has 0 atom stereocenters. The average molecular weight is 486 g/mol. The van der Waals surface area contributed by atoms with Gasteiger partial charge in [0.25, 0.3) is 0 Å². The summed E-state index contributed by atoms with van der Waals surface area (Å²) in [5.41, 5.74) is 2.08. The number of halogens is 1. The van der Waals surface area contributed by atoms with Crippen LogP contribution in [0.25, 0.3) is 0 Å². The zero-order valence-electron chi connectivity index (χ0n) is 16.1. The molecule has 0 radical (unpaired) electrons. The normalized spacial score (nSPS) is 10.6. The number of hydrogen-bond donors (Lipinski definition) is 2. The first-order valence-corrected chi connectivity index (χ1v) is 8.43. The number of ether oxygens (including phenoxy) is 3. The molecule has 0 aliphatic heterocycles. The molecule has 27 heavy (non-hydrogen) atoms. The molecule has 1 heterocycles. The molecule has 0 unspecified atom stereocenters. The number of guanidine groups is 1. The van der Waals surface area contributed by atoms with Gasteiger partial charge in [-0.2, -0.15) is 0 Å². The Bertz CT molecular complexity index is 741. The van der Waals surface area contributed by atoms with Gasteiger partial charge in [-0.05, 0) is 30.7 Å². The lowest BCUT2D eigenvalue weighted by Crippen LogP contribution is -2.36. The van der Waals surface area contributed by atoms with E-state index < -0.39 is 0 Å². The van der Waals surface area contributed by atoms with Crippen molar-refractivity contribution in [3.8, 4) is 17.4 Å². The van der Waals surface area contributed by atoms with Crippen LogP contribution in [0.4, 0.5) is 0 Å². The monoisotopic (exact) mass is 486 g/mol. The fraction of sp³-hybridized carbons (Fsp3) is 0.368. The van der Waals surface area contributed by atoms with Crippen molar-refractivity contribution >= 4 is 29.9 Å². The lowest BCUT2D eigenvalue weighted by molar-refractivity contribution is 0.326. The third-order valence-corrected chi connectivity index (χ3v) is 3.72. The van der Waals surface area contributed by atoms with E-state index in [4.69, 9.17) is 14.2 Å². The number of rotatable bonds is 8. The molecule has 2 rings (SSSR count). The summed E-state index contributed by atoms with van der Waals surface area (Å²) in [4.78, 5) is 8.41. The van der Waals surface area contributed by atoms with Crippen molar-refractivity contribution in [2.45, 2.75) is 20.0 Å². The van der Waals surface area contributed by atoms with Crippen molar-refractivity contribution in [3.05, 3.63) is 47.7 Å². The molecule has 0 saturated carbocycles. The molecule has 0 saturated heterocycles. The topological polar surface area (TPSA) is 77.0 Å². The van der Waals surface area contributed by atoms with Crippen molar-refractivity contribution in [2.75, 3.05) is 27.9 Å². The zero-order valence-corrected chi connectivity index (χ0v) is 18.4. The second kappa shape index (κ2) is 12.2. The molecule has 1 aromatic heterocycles. The van der Waals surface area contributed by atoms with Crippen LogP contribution in [0.5, 0.6) is 17.4 Å². The number of aliphatic imine (C=N–C) groups is 1. The third-order valence-electron chi connectivity index (χ3n) is 3.72. The Morgan fingerprint density at radius 3 is 2.52 bits per heavy atom. The van der Waals surface area contributed by atoms with Crippen molar-refractivity contribution < 1.29 is 14.2 Å². The van der Waals surface area contributed by atoms with Crippen molar-refractivity contribution in [3.63, 3.8) is 0 Å². The smallest absolute Gasteiger partial charge is 0.213 e. The summed E-state index contributed by atoms with van der Waals surface area (Å²) in [5.74, 6) is 2.84. The van der Waals surface area contributed by atoms with Gasteiger partial charge in [0.1, 0.15) is 11.5 Å². The summed E-state index contributed by atoms with van der Waals surface area (Å²) in [6.45, 7) is 3.72. The molecule has 0 aliphatic rings. The number of methoxy groups -OCH3 is 2. The first-order chi connectivity index (χ1) is 12.7. The van der Waals surface area contributed by atoms with Crippen LogP contribution >= 0.6 is 24.0 Å². The number of aromatic nitrogens is 1. The second-order valence-corrected chi connectivity index (χ2v) is 5.39. The van der Waals surface area contributed by atoms with Crippen LogP contribution in [0, 0.1) is 0 Å². The van der Waals surface area contributed by atoms with Gasteiger partial charge in [-0.15, -0.1) is 24.0 Å². The van der Waals surface area contributed by atoms with Gasteiger partial charge in [-0.25, -0.2) is 4.98 Å². The molecule has 2 N–H and O–H groups in total. The number of hydrogen-bond acceptors (Lipinski definition) is 5. The molecule has 148 valence electrons. The Kier molecular flexibility index (Phi) is 10.3. The number of nitrogens with zero attached hydrogens (tertiary/aromatic N) is 2. The third kappa shape index (κ3) is 7.12. The molecule has 0 fully saturated rings. The number of benzene rings is 1. The van der Waals surface area contributed by atoms with E-state index in [0.717, 1.165) is 22.6 Å². The number of nitrogens with one attached hydrogen (secondary N) is 2. The molecule has 2 aromatic rings. The molecule has 0 spiro atoms. The van der Waals surface area contributed by atoms with Crippen molar-refractivity contribution in [1.29, 1.82) is 0 Å². The van der Waals surface area contributed by atoms with E-state index in [1.54, 1.807) is 27.5 Å². The summed E-state index contributed by atoms with van der Waals surface area (Å²) >= 11 is 0. The summed E-state index contributed by atoms with van der Waals surface area (Å²) in [7, 11) is 5.01. The van der Waals surface area contributed by atoms with Crippen LogP contribution in [-0.2, 0) is 13.1 Å². The van der Waals surface area contributed by atoms with E-state index in [9.17, 15) is 0 Å². The average Bonchev–Trinajstić information content (AvgIpc) is 2.68. The van der Waals surface area contributed by atoms with Gasteiger partial charge in [0, 0.05) is 44.0 Å². The minimum atomic E-state index is 0. The van der Waals surface area contributed by atoms with Gasteiger partial charge in [0.15, 0.2) is 5.96 Å². The van der Waals surface area contributed by atoms with Gasteiger partial charge in [-0.3, -0.25) is 4.99 Å². The molecule has 8 heteroatoms. The SMILES string of the molecule is CCOc1cc(CNC(=NC)NCc2ccc(OC)cc2OC)ccn1.I. The summed E-state index contributed by atoms with van der Waals surface area (Å²) in [6, 6.07) is 9.59.